The highest BCUT2D eigenvalue weighted by Gasteiger charge is 2.15. The SMILES string of the molecule is CC(=O)c1ccc(C(=O)N(C)CCOc2ccc(Cl)cc2)s1. The molecule has 0 atom stereocenters. The molecule has 116 valence electrons. The van der Waals surface area contributed by atoms with Crippen molar-refractivity contribution >= 4 is 34.6 Å². The zero-order valence-electron chi connectivity index (χ0n) is 12.3. The topological polar surface area (TPSA) is 46.6 Å². The summed E-state index contributed by atoms with van der Waals surface area (Å²) in [5.41, 5.74) is 0. The lowest BCUT2D eigenvalue weighted by Gasteiger charge is -2.16. The van der Waals surface area contributed by atoms with E-state index in [2.05, 4.69) is 0 Å². The van der Waals surface area contributed by atoms with Crippen LogP contribution in [-0.4, -0.2) is 36.8 Å². The minimum absolute atomic E-state index is 0.0298. The van der Waals surface area contributed by atoms with Crippen LogP contribution in [0.2, 0.25) is 5.02 Å². The fourth-order valence-corrected chi connectivity index (χ4v) is 2.78. The van der Waals surface area contributed by atoms with Gasteiger partial charge >= 0.3 is 0 Å². The van der Waals surface area contributed by atoms with Crippen molar-refractivity contribution in [2.45, 2.75) is 6.92 Å². The van der Waals surface area contributed by atoms with Gasteiger partial charge in [0.1, 0.15) is 12.4 Å². The molecule has 0 bridgehead atoms. The van der Waals surface area contributed by atoms with Crippen LogP contribution >= 0.6 is 22.9 Å². The summed E-state index contributed by atoms with van der Waals surface area (Å²) in [6.07, 6.45) is 0. The normalized spacial score (nSPS) is 10.3. The molecule has 1 aromatic carbocycles. The molecule has 0 saturated heterocycles. The highest BCUT2D eigenvalue weighted by molar-refractivity contribution is 7.15. The fraction of sp³-hybridized carbons (Fsp3) is 0.250. The molecule has 0 aliphatic heterocycles. The number of carbonyl (C=O) groups excluding carboxylic acids is 2. The van der Waals surface area contributed by atoms with Crippen molar-refractivity contribution < 1.29 is 14.3 Å². The van der Waals surface area contributed by atoms with E-state index in [1.807, 2.05) is 0 Å². The van der Waals surface area contributed by atoms with Gasteiger partial charge in [-0.25, -0.2) is 0 Å². The van der Waals surface area contributed by atoms with Crippen molar-refractivity contribution in [1.29, 1.82) is 0 Å². The van der Waals surface area contributed by atoms with Gasteiger partial charge in [-0.05, 0) is 43.3 Å². The van der Waals surface area contributed by atoms with Crippen molar-refractivity contribution in [3.8, 4) is 5.75 Å². The summed E-state index contributed by atoms with van der Waals surface area (Å²) in [6, 6.07) is 10.4. The van der Waals surface area contributed by atoms with Crippen LogP contribution in [0.3, 0.4) is 0 Å². The maximum atomic E-state index is 12.2. The Hall–Kier alpha value is -1.85. The third-order valence-electron chi connectivity index (χ3n) is 3.02. The van der Waals surface area contributed by atoms with Gasteiger partial charge in [0, 0.05) is 12.1 Å². The summed E-state index contributed by atoms with van der Waals surface area (Å²) in [4.78, 5) is 26.2. The van der Waals surface area contributed by atoms with Gasteiger partial charge in [0.2, 0.25) is 0 Å². The number of benzene rings is 1. The molecule has 1 amide bonds. The summed E-state index contributed by atoms with van der Waals surface area (Å²) in [6.45, 7) is 2.33. The summed E-state index contributed by atoms with van der Waals surface area (Å²) in [7, 11) is 1.71. The molecule has 0 saturated carbocycles. The van der Waals surface area contributed by atoms with Gasteiger partial charge in [-0.2, -0.15) is 0 Å². The van der Waals surface area contributed by atoms with Crippen LogP contribution in [-0.2, 0) is 0 Å². The largest absolute Gasteiger partial charge is 0.492 e. The Labute approximate surface area is 138 Å². The first-order valence-electron chi connectivity index (χ1n) is 6.72. The molecule has 0 radical (unpaired) electrons. The van der Waals surface area contributed by atoms with Crippen molar-refractivity contribution in [2.75, 3.05) is 20.2 Å². The van der Waals surface area contributed by atoms with Gasteiger partial charge in [0.15, 0.2) is 5.78 Å². The molecule has 0 fully saturated rings. The quantitative estimate of drug-likeness (QED) is 0.754. The zero-order valence-corrected chi connectivity index (χ0v) is 13.9. The number of ketones is 1. The first-order chi connectivity index (χ1) is 10.5. The van der Waals surface area contributed by atoms with E-state index < -0.39 is 0 Å². The lowest BCUT2D eigenvalue weighted by molar-refractivity contribution is 0.0778. The molecular formula is C16H16ClNO3S. The predicted octanol–water partition coefficient (Wildman–Crippen LogP) is 3.76. The second-order valence-electron chi connectivity index (χ2n) is 4.75. The summed E-state index contributed by atoms with van der Waals surface area (Å²) in [5.74, 6) is 0.565. The number of amides is 1. The second kappa shape index (κ2) is 7.42. The first kappa shape index (κ1) is 16.5. The zero-order chi connectivity index (χ0) is 16.1. The third-order valence-corrected chi connectivity index (χ3v) is 4.45. The van der Waals surface area contributed by atoms with Gasteiger partial charge in [-0.3, -0.25) is 9.59 Å². The second-order valence-corrected chi connectivity index (χ2v) is 6.27. The average Bonchev–Trinajstić information content (AvgIpc) is 2.98. The van der Waals surface area contributed by atoms with Crippen LogP contribution in [0.15, 0.2) is 36.4 Å². The molecule has 1 aromatic heterocycles. The third kappa shape index (κ3) is 4.32. The highest BCUT2D eigenvalue weighted by Crippen LogP contribution is 2.19. The lowest BCUT2D eigenvalue weighted by Crippen LogP contribution is -2.30. The molecule has 2 rings (SSSR count). The van der Waals surface area contributed by atoms with Crippen LogP contribution in [0.25, 0.3) is 0 Å². The fourth-order valence-electron chi connectivity index (χ4n) is 1.76. The Morgan fingerprint density at radius 2 is 1.77 bits per heavy atom. The number of hydrogen-bond donors (Lipinski definition) is 0. The monoisotopic (exact) mass is 337 g/mol. The molecule has 0 aliphatic rings. The van der Waals surface area contributed by atoms with Crippen LogP contribution in [0.1, 0.15) is 26.3 Å². The average molecular weight is 338 g/mol. The number of rotatable bonds is 6. The summed E-state index contributed by atoms with van der Waals surface area (Å²) < 4.78 is 5.56. The molecule has 0 spiro atoms. The first-order valence-corrected chi connectivity index (χ1v) is 7.91. The van der Waals surface area contributed by atoms with Gasteiger partial charge in [0.05, 0.1) is 16.3 Å². The Bertz CT molecular complexity index is 666. The Balaban J connectivity index is 1.85. The van der Waals surface area contributed by atoms with Crippen LogP contribution < -0.4 is 4.74 Å². The number of nitrogens with zero attached hydrogens (tertiary/aromatic N) is 1. The molecule has 4 nitrogen and oxygen atoms in total. The predicted molar refractivity (Wildman–Crippen MR) is 88.2 cm³/mol. The molecule has 1 heterocycles. The van der Waals surface area contributed by atoms with Crippen LogP contribution in [0.5, 0.6) is 5.75 Å². The van der Waals surface area contributed by atoms with Crippen LogP contribution in [0.4, 0.5) is 0 Å². The van der Waals surface area contributed by atoms with E-state index >= 15 is 0 Å². The van der Waals surface area contributed by atoms with Gasteiger partial charge < -0.3 is 9.64 Å². The van der Waals surface area contributed by atoms with Crippen molar-refractivity contribution in [1.82, 2.24) is 4.90 Å². The Morgan fingerprint density at radius 3 is 2.36 bits per heavy atom. The van der Waals surface area contributed by atoms with Crippen LogP contribution in [0, 0.1) is 0 Å². The number of likely N-dealkylation sites (N-methyl/N-ethyl adjacent to an activating group) is 1. The molecule has 0 N–H and O–H groups in total. The Kier molecular flexibility index (Phi) is 5.57. The summed E-state index contributed by atoms with van der Waals surface area (Å²) in [5, 5.41) is 0.651. The number of ether oxygens (including phenoxy) is 1. The van der Waals surface area contributed by atoms with E-state index in [1.54, 1.807) is 48.3 Å². The van der Waals surface area contributed by atoms with E-state index in [-0.39, 0.29) is 11.7 Å². The van der Waals surface area contributed by atoms with Gasteiger partial charge in [-0.15, -0.1) is 11.3 Å². The lowest BCUT2D eigenvalue weighted by atomic mass is 10.3. The maximum Gasteiger partial charge on any atom is 0.263 e. The highest BCUT2D eigenvalue weighted by atomic mass is 35.5. The molecule has 2 aromatic rings. The van der Waals surface area contributed by atoms with E-state index in [1.165, 1.54) is 18.3 Å². The Morgan fingerprint density at radius 1 is 1.14 bits per heavy atom. The molecular weight excluding hydrogens is 322 g/mol. The standard InChI is InChI=1S/C16H16ClNO3S/c1-11(19)14-7-8-15(22-14)16(20)18(2)9-10-21-13-5-3-12(17)4-6-13/h3-8H,9-10H2,1-2H3. The van der Waals surface area contributed by atoms with E-state index in [9.17, 15) is 9.59 Å². The van der Waals surface area contributed by atoms with Gasteiger partial charge in [0.25, 0.3) is 5.91 Å². The minimum Gasteiger partial charge on any atom is -0.492 e. The van der Waals surface area contributed by atoms with Crippen molar-refractivity contribution in [2.24, 2.45) is 0 Å². The smallest absolute Gasteiger partial charge is 0.263 e. The van der Waals surface area contributed by atoms with Crippen molar-refractivity contribution in [3.63, 3.8) is 0 Å². The molecule has 0 unspecified atom stereocenters. The number of Topliss-reactive ketones (excluding diaryl/α,β-unsaturated/α-hetero) is 1. The van der Waals surface area contributed by atoms with Gasteiger partial charge in [-0.1, -0.05) is 11.6 Å². The molecule has 6 heteroatoms. The number of thiophene rings is 1. The van der Waals surface area contributed by atoms with Crippen molar-refractivity contribution in [3.05, 3.63) is 51.2 Å². The maximum absolute atomic E-state index is 12.2. The van der Waals surface area contributed by atoms with E-state index in [0.717, 1.165) is 0 Å². The van der Waals surface area contributed by atoms with E-state index in [4.69, 9.17) is 16.3 Å². The van der Waals surface area contributed by atoms with E-state index in [0.29, 0.717) is 33.7 Å². The summed E-state index contributed by atoms with van der Waals surface area (Å²) >= 11 is 7.01. The number of hydrogen-bond acceptors (Lipinski definition) is 4. The number of halogens is 1. The molecule has 22 heavy (non-hydrogen) atoms. The number of carbonyl (C=O) groups is 2. The minimum atomic E-state index is -0.114. The molecule has 0 aliphatic carbocycles.